The summed E-state index contributed by atoms with van der Waals surface area (Å²) in [5, 5.41) is 9.56. The van der Waals surface area contributed by atoms with Crippen molar-refractivity contribution in [3.05, 3.63) is 24.5 Å². The quantitative estimate of drug-likeness (QED) is 0.556. The van der Waals surface area contributed by atoms with Gasteiger partial charge in [-0.2, -0.15) is 0 Å². The average Bonchev–Trinajstić information content (AvgIpc) is 2.56. The summed E-state index contributed by atoms with van der Waals surface area (Å²) < 4.78 is 1.80. The Balaban J connectivity index is 2.25. The molecule has 1 atom stereocenters. The molecule has 0 saturated heterocycles. The Hall–Kier alpha value is -0.470. The molecule has 0 aliphatic carbocycles. The largest absolute Gasteiger partial charge is 0.373 e. The van der Waals surface area contributed by atoms with Crippen LogP contribution in [0, 0.1) is 0 Å². The first kappa shape index (κ1) is 9.62. The molecule has 1 rings (SSSR count). The van der Waals surface area contributed by atoms with Gasteiger partial charge < -0.3 is 9.67 Å². The number of alkyl halides is 1. The van der Waals surface area contributed by atoms with Crippen LogP contribution in [0.5, 0.6) is 0 Å². The van der Waals surface area contributed by atoms with Crippen LogP contribution in [0.4, 0.5) is 0 Å². The number of aliphatic hydroxyl groups is 1. The first-order valence-corrected chi connectivity index (χ1v) is 4.74. The van der Waals surface area contributed by atoms with Crippen molar-refractivity contribution >= 4 is 11.6 Å². The van der Waals surface area contributed by atoms with E-state index in [1.54, 1.807) is 4.57 Å². The Morgan fingerprint density at radius 3 is 2.50 bits per heavy atom. The Morgan fingerprint density at radius 2 is 1.92 bits per heavy atom. The van der Waals surface area contributed by atoms with Gasteiger partial charge in [0.15, 0.2) is 0 Å². The minimum absolute atomic E-state index is 0.386. The number of nitrogens with zero attached hydrogens (tertiary/aromatic N) is 1. The highest BCUT2D eigenvalue weighted by molar-refractivity contribution is 6.17. The molecule has 0 spiro atoms. The van der Waals surface area contributed by atoms with Crippen molar-refractivity contribution in [1.82, 2.24) is 4.57 Å². The Kier molecular flexibility index (Phi) is 4.19. The zero-order valence-corrected chi connectivity index (χ0v) is 7.74. The zero-order chi connectivity index (χ0) is 8.81. The topological polar surface area (TPSA) is 25.2 Å². The van der Waals surface area contributed by atoms with Crippen LogP contribution in [0.25, 0.3) is 0 Å². The van der Waals surface area contributed by atoms with Crippen molar-refractivity contribution in [3.63, 3.8) is 0 Å². The third-order valence-corrected chi connectivity index (χ3v) is 2.08. The van der Waals surface area contributed by atoms with E-state index in [2.05, 4.69) is 0 Å². The van der Waals surface area contributed by atoms with E-state index in [1.807, 2.05) is 24.5 Å². The van der Waals surface area contributed by atoms with Gasteiger partial charge in [-0.3, -0.25) is 0 Å². The minimum atomic E-state index is -0.386. The van der Waals surface area contributed by atoms with E-state index < -0.39 is 0 Å². The first-order valence-electron chi connectivity index (χ1n) is 4.21. The summed E-state index contributed by atoms with van der Waals surface area (Å²) in [6, 6.07) is 3.82. The third-order valence-electron chi connectivity index (χ3n) is 1.82. The van der Waals surface area contributed by atoms with Crippen LogP contribution in [-0.2, 0) is 0 Å². The lowest BCUT2D eigenvalue weighted by Gasteiger charge is -2.11. The second kappa shape index (κ2) is 5.22. The molecule has 1 aromatic heterocycles. The predicted molar refractivity (Wildman–Crippen MR) is 50.3 cm³/mol. The molecule has 0 unspecified atom stereocenters. The Labute approximate surface area is 77.8 Å². The molecule has 0 aliphatic heterocycles. The van der Waals surface area contributed by atoms with Gasteiger partial charge in [0.25, 0.3) is 0 Å². The Morgan fingerprint density at radius 1 is 1.25 bits per heavy atom. The van der Waals surface area contributed by atoms with Gasteiger partial charge in [0.2, 0.25) is 0 Å². The van der Waals surface area contributed by atoms with Gasteiger partial charge in [-0.25, -0.2) is 0 Å². The van der Waals surface area contributed by atoms with Crippen molar-refractivity contribution in [2.24, 2.45) is 0 Å². The van der Waals surface area contributed by atoms with Crippen LogP contribution in [-0.4, -0.2) is 15.6 Å². The molecule has 1 N–H and O–H groups in total. The summed E-state index contributed by atoms with van der Waals surface area (Å²) in [4.78, 5) is 0. The number of hydrogen-bond acceptors (Lipinski definition) is 1. The smallest absolute Gasteiger partial charge is 0.130 e. The lowest BCUT2D eigenvalue weighted by Crippen LogP contribution is -2.05. The zero-order valence-electron chi connectivity index (χ0n) is 6.99. The molecule has 0 amide bonds. The van der Waals surface area contributed by atoms with Gasteiger partial charge in [-0.15, -0.1) is 11.6 Å². The van der Waals surface area contributed by atoms with Crippen LogP contribution in [0.2, 0.25) is 0 Å². The van der Waals surface area contributed by atoms with E-state index in [0.717, 1.165) is 19.3 Å². The number of rotatable bonds is 5. The summed E-state index contributed by atoms with van der Waals surface area (Å²) in [6.45, 7) is 0. The SMILES string of the molecule is O[C@@H](CCCCCl)n1cccc1. The van der Waals surface area contributed by atoms with E-state index in [1.165, 1.54) is 0 Å². The molecule has 0 aromatic carbocycles. The number of aromatic nitrogens is 1. The highest BCUT2D eigenvalue weighted by atomic mass is 35.5. The maximum Gasteiger partial charge on any atom is 0.130 e. The van der Waals surface area contributed by atoms with Gasteiger partial charge in [-0.05, 0) is 31.4 Å². The van der Waals surface area contributed by atoms with Crippen LogP contribution in [0.1, 0.15) is 25.5 Å². The van der Waals surface area contributed by atoms with Crippen LogP contribution >= 0.6 is 11.6 Å². The lowest BCUT2D eigenvalue weighted by molar-refractivity contribution is 0.0924. The number of unbranched alkanes of at least 4 members (excludes halogenated alkanes) is 1. The molecule has 12 heavy (non-hydrogen) atoms. The highest BCUT2D eigenvalue weighted by Crippen LogP contribution is 2.11. The van der Waals surface area contributed by atoms with Crippen LogP contribution < -0.4 is 0 Å². The molecule has 1 aromatic rings. The molecule has 0 saturated carbocycles. The molecular weight excluding hydrogens is 174 g/mol. The standard InChI is InChI=1S/C9H14ClNO/c10-6-2-1-5-9(12)11-7-3-4-8-11/h3-4,7-9,12H,1-2,5-6H2/t9-/m0/s1. The summed E-state index contributed by atoms with van der Waals surface area (Å²) in [7, 11) is 0. The van der Waals surface area contributed by atoms with Gasteiger partial charge in [0.1, 0.15) is 6.23 Å². The summed E-state index contributed by atoms with van der Waals surface area (Å²) in [5.41, 5.74) is 0. The molecule has 0 aliphatic rings. The number of halogens is 1. The molecule has 0 fully saturated rings. The number of hydrogen-bond donors (Lipinski definition) is 1. The third kappa shape index (κ3) is 2.88. The second-order valence-electron chi connectivity index (χ2n) is 2.80. The normalized spacial score (nSPS) is 13.2. The van der Waals surface area contributed by atoms with Gasteiger partial charge in [0.05, 0.1) is 0 Å². The average molecular weight is 188 g/mol. The Bertz CT molecular complexity index is 198. The van der Waals surface area contributed by atoms with E-state index in [0.29, 0.717) is 5.88 Å². The summed E-state index contributed by atoms with van der Waals surface area (Å²) in [5.74, 6) is 0.679. The first-order chi connectivity index (χ1) is 5.84. The van der Waals surface area contributed by atoms with Gasteiger partial charge >= 0.3 is 0 Å². The molecule has 0 bridgehead atoms. The monoisotopic (exact) mass is 187 g/mol. The number of aliphatic hydroxyl groups excluding tert-OH is 1. The highest BCUT2D eigenvalue weighted by Gasteiger charge is 2.02. The predicted octanol–water partition coefficient (Wildman–Crippen LogP) is 2.39. The molecule has 0 radical (unpaired) electrons. The molecule has 3 heteroatoms. The molecule has 1 heterocycles. The van der Waals surface area contributed by atoms with E-state index >= 15 is 0 Å². The fourth-order valence-corrected chi connectivity index (χ4v) is 1.31. The maximum absolute atomic E-state index is 9.56. The molecular formula is C9H14ClNO. The van der Waals surface area contributed by atoms with Crippen molar-refractivity contribution in [1.29, 1.82) is 0 Å². The van der Waals surface area contributed by atoms with Crippen LogP contribution in [0.15, 0.2) is 24.5 Å². The minimum Gasteiger partial charge on any atom is -0.373 e. The second-order valence-corrected chi connectivity index (χ2v) is 3.17. The summed E-state index contributed by atoms with van der Waals surface area (Å²) in [6.07, 6.45) is 6.07. The van der Waals surface area contributed by atoms with Crippen molar-refractivity contribution in [3.8, 4) is 0 Å². The fourth-order valence-electron chi connectivity index (χ4n) is 1.12. The molecule has 68 valence electrons. The van der Waals surface area contributed by atoms with Crippen molar-refractivity contribution in [2.75, 3.05) is 5.88 Å². The maximum atomic E-state index is 9.56. The van der Waals surface area contributed by atoms with E-state index in [4.69, 9.17) is 11.6 Å². The van der Waals surface area contributed by atoms with Gasteiger partial charge in [-0.1, -0.05) is 0 Å². The van der Waals surface area contributed by atoms with Crippen LogP contribution in [0.3, 0.4) is 0 Å². The lowest BCUT2D eigenvalue weighted by atomic mass is 10.2. The van der Waals surface area contributed by atoms with E-state index in [-0.39, 0.29) is 6.23 Å². The van der Waals surface area contributed by atoms with Gasteiger partial charge in [0, 0.05) is 18.3 Å². The van der Waals surface area contributed by atoms with Crippen molar-refractivity contribution < 1.29 is 5.11 Å². The fraction of sp³-hybridized carbons (Fsp3) is 0.556. The van der Waals surface area contributed by atoms with Crippen molar-refractivity contribution in [2.45, 2.75) is 25.5 Å². The summed E-state index contributed by atoms with van der Waals surface area (Å²) >= 11 is 5.52. The molecule has 2 nitrogen and oxygen atoms in total. The van der Waals surface area contributed by atoms with E-state index in [9.17, 15) is 5.11 Å².